The Balaban J connectivity index is 1.98. The van der Waals surface area contributed by atoms with E-state index in [9.17, 15) is 4.79 Å². The molecule has 2 aromatic heterocycles. The number of aryl methyl sites for hydroxylation is 2. The number of benzene rings is 1. The summed E-state index contributed by atoms with van der Waals surface area (Å²) in [5.41, 5.74) is 9.12. The van der Waals surface area contributed by atoms with E-state index in [2.05, 4.69) is 10.1 Å². The van der Waals surface area contributed by atoms with Gasteiger partial charge in [-0.25, -0.2) is 4.98 Å². The topological polar surface area (TPSA) is 85.2 Å². The maximum atomic E-state index is 13.3. The minimum absolute atomic E-state index is 0.0564. The number of fused-ring (bicyclic) bond motifs is 1. The van der Waals surface area contributed by atoms with E-state index >= 15 is 0 Å². The van der Waals surface area contributed by atoms with Gasteiger partial charge in [-0.1, -0.05) is 35.5 Å². The van der Waals surface area contributed by atoms with Gasteiger partial charge < -0.3 is 15.2 Å². The molecule has 6 heteroatoms. The maximum Gasteiger partial charge on any atom is 0.258 e. The number of rotatable bonds is 6. The quantitative estimate of drug-likeness (QED) is 0.747. The highest BCUT2D eigenvalue weighted by molar-refractivity contribution is 6.06. The molecule has 0 unspecified atom stereocenters. The third-order valence-electron chi connectivity index (χ3n) is 4.11. The molecule has 0 aliphatic carbocycles. The second-order valence-electron chi connectivity index (χ2n) is 6.11. The summed E-state index contributed by atoms with van der Waals surface area (Å²) in [4.78, 5) is 19.4. The van der Waals surface area contributed by atoms with Gasteiger partial charge in [0.15, 0.2) is 0 Å². The van der Waals surface area contributed by atoms with Crippen molar-refractivity contribution in [2.75, 3.05) is 13.1 Å². The van der Waals surface area contributed by atoms with Crippen LogP contribution in [0.1, 0.15) is 33.7 Å². The molecule has 2 heterocycles. The van der Waals surface area contributed by atoms with Crippen molar-refractivity contribution in [3.05, 3.63) is 58.9 Å². The highest BCUT2D eigenvalue weighted by Crippen LogP contribution is 2.24. The van der Waals surface area contributed by atoms with Crippen molar-refractivity contribution >= 4 is 17.0 Å². The van der Waals surface area contributed by atoms with Gasteiger partial charge in [0, 0.05) is 18.8 Å². The lowest BCUT2D eigenvalue weighted by Crippen LogP contribution is -2.32. The van der Waals surface area contributed by atoms with Gasteiger partial charge in [0.05, 0.1) is 16.6 Å². The largest absolute Gasteiger partial charge is 0.336 e. The molecule has 1 aromatic carbocycles. The van der Waals surface area contributed by atoms with Crippen LogP contribution < -0.4 is 5.73 Å². The van der Waals surface area contributed by atoms with Crippen LogP contribution in [0.5, 0.6) is 0 Å². The summed E-state index contributed by atoms with van der Waals surface area (Å²) in [5.74, 6) is -0.0564. The maximum absolute atomic E-state index is 13.3. The fourth-order valence-electron chi connectivity index (χ4n) is 2.90. The number of carbonyl (C=O) groups is 1. The molecule has 0 aliphatic rings. The van der Waals surface area contributed by atoms with Crippen LogP contribution in [0.25, 0.3) is 11.1 Å². The molecule has 3 aromatic rings. The van der Waals surface area contributed by atoms with Crippen LogP contribution in [0.3, 0.4) is 0 Å². The third-order valence-corrected chi connectivity index (χ3v) is 4.11. The number of aromatic nitrogens is 2. The Morgan fingerprint density at radius 2 is 2.00 bits per heavy atom. The second kappa shape index (κ2) is 7.44. The number of amides is 1. The lowest BCUT2D eigenvalue weighted by Gasteiger charge is -2.23. The van der Waals surface area contributed by atoms with Gasteiger partial charge in [0.1, 0.15) is 0 Å². The van der Waals surface area contributed by atoms with Gasteiger partial charge in [0.2, 0.25) is 0 Å². The SMILES string of the molecule is Cc1cc(C(=O)N(CCCN)Cc2ccccc2)c2c(C)noc2n1. The van der Waals surface area contributed by atoms with Crippen LogP contribution in [0, 0.1) is 13.8 Å². The third kappa shape index (κ3) is 3.69. The van der Waals surface area contributed by atoms with Crippen LogP contribution in [-0.4, -0.2) is 34.0 Å². The second-order valence-corrected chi connectivity index (χ2v) is 6.11. The zero-order valence-electron chi connectivity index (χ0n) is 14.5. The Kier molecular flexibility index (Phi) is 5.09. The summed E-state index contributed by atoms with van der Waals surface area (Å²) < 4.78 is 5.25. The minimum atomic E-state index is -0.0564. The first-order chi connectivity index (χ1) is 12.1. The van der Waals surface area contributed by atoms with E-state index in [1.807, 2.05) is 49.1 Å². The van der Waals surface area contributed by atoms with Crippen LogP contribution in [0.15, 0.2) is 40.9 Å². The van der Waals surface area contributed by atoms with Gasteiger partial charge in [-0.3, -0.25) is 4.79 Å². The predicted octanol–water partition coefficient (Wildman–Crippen LogP) is 2.83. The van der Waals surface area contributed by atoms with Gasteiger partial charge in [-0.2, -0.15) is 0 Å². The fraction of sp³-hybridized carbons (Fsp3) is 0.316. The Morgan fingerprint density at radius 3 is 2.72 bits per heavy atom. The lowest BCUT2D eigenvalue weighted by atomic mass is 10.1. The Labute approximate surface area is 146 Å². The molecule has 1 amide bonds. The molecular weight excluding hydrogens is 316 g/mol. The molecule has 0 saturated carbocycles. The Morgan fingerprint density at radius 1 is 1.24 bits per heavy atom. The van der Waals surface area contributed by atoms with E-state index in [1.165, 1.54) is 0 Å². The molecule has 0 bridgehead atoms. The number of carbonyl (C=O) groups excluding carboxylic acids is 1. The van der Waals surface area contributed by atoms with Crippen LogP contribution in [0.4, 0.5) is 0 Å². The van der Waals surface area contributed by atoms with Crippen molar-refractivity contribution in [3.63, 3.8) is 0 Å². The standard InChI is InChI=1S/C19H22N4O2/c1-13-11-16(17-14(2)22-25-18(17)21-13)19(24)23(10-6-9-20)12-15-7-4-3-5-8-15/h3-5,7-8,11H,6,9-10,12,20H2,1-2H3. The molecule has 0 spiro atoms. The van der Waals surface area contributed by atoms with Gasteiger partial charge in [-0.15, -0.1) is 0 Å². The predicted molar refractivity (Wildman–Crippen MR) is 96.1 cm³/mol. The molecule has 3 rings (SSSR count). The first-order valence-corrected chi connectivity index (χ1v) is 8.37. The molecule has 25 heavy (non-hydrogen) atoms. The summed E-state index contributed by atoms with van der Waals surface area (Å²) in [5, 5.41) is 4.64. The molecule has 0 fully saturated rings. The minimum Gasteiger partial charge on any atom is -0.336 e. The Bertz CT molecular complexity index is 874. The molecule has 130 valence electrons. The van der Waals surface area contributed by atoms with E-state index < -0.39 is 0 Å². The highest BCUT2D eigenvalue weighted by atomic mass is 16.5. The van der Waals surface area contributed by atoms with Crippen LogP contribution >= 0.6 is 0 Å². The van der Waals surface area contributed by atoms with Crippen molar-refractivity contribution in [2.24, 2.45) is 5.73 Å². The van der Waals surface area contributed by atoms with Crippen LogP contribution in [-0.2, 0) is 6.54 Å². The van der Waals surface area contributed by atoms with E-state index in [0.717, 1.165) is 17.7 Å². The van der Waals surface area contributed by atoms with E-state index in [4.69, 9.17) is 10.3 Å². The number of nitrogens with two attached hydrogens (primary N) is 1. The van der Waals surface area contributed by atoms with Gasteiger partial charge >= 0.3 is 0 Å². The average Bonchev–Trinajstić information content (AvgIpc) is 2.99. The molecule has 2 N–H and O–H groups in total. The summed E-state index contributed by atoms with van der Waals surface area (Å²) in [6, 6.07) is 11.7. The summed E-state index contributed by atoms with van der Waals surface area (Å²) >= 11 is 0. The van der Waals surface area contributed by atoms with Crippen molar-refractivity contribution in [3.8, 4) is 0 Å². The van der Waals surface area contributed by atoms with Crippen LogP contribution in [0.2, 0.25) is 0 Å². The van der Waals surface area contributed by atoms with Gasteiger partial charge in [-0.05, 0) is 38.4 Å². The zero-order valence-corrected chi connectivity index (χ0v) is 14.5. The normalized spacial score (nSPS) is 11.0. The van der Waals surface area contributed by atoms with Crippen molar-refractivity contribution in [1.82, 2.24) is 15.0 Å². The summed E-state index contributed by atoms with van der Waals surface area (Å²) in [7, 11) is 0. The monoisotopic (exact) mass is 338 g/mol. The number of pyridine rings is 1. The van der Waals surface area contributed by atoms with Crippen molar-refractivity contribution in [2.45, 2.75) is 26.8 Å². The van der Waals surface area contributed by atoms with Crippen molar-refractivity contribution in [1.29, 1.82) is 0 Å². The number of hydrogen-bond acceptors (Lipinski definition) is 5. The first kappa shape index (κ1) is 17.1. The lowest BCUT2D eigenvalue weighted by molar-refractivity contribution is 0.0744. The molecule has 0 radical (unpaired) electrons. The fourth-order valence-corrected chi connectivity index (χ4v) is 2.90. The molecule has 0 saturated heterocycles. The summed E-state index contributed by atoms with van der Waals surface area (Å²) in [6.45, 7) is 5.33. The van der Waals surface area contributed by atoms with E-state index in [0.29, 0.717) is 42.0 Å². The van der Waals surface area contributed by atoms with E-state index in [-0.39, 0.29) is 5.91 Å². The molecule has 0 atom stereocenters. The smallest absolute Gasteiger partial charge is 0.258 e. The Hall–Kier alpha value is -2.73. The number of hydrogen-bond donors (Lipinski definition) is 1. The molecule has 0 aliphatic heterocycles. The van der Waals surface area contributed by atoms with Crippen molar-refractivity contribution < 1.29 is 9.32 Å². The first-order valence-electron chi connectivity index (χ1n) is 8.37. The van der Waals surface area contributed by atoms with Gasteiger partial charge in [0.25, 0.3) is 11.6 Å². The number of nitrogens with zero attached hydrogens (tertiary/aromatic N) is 3. The molecular formula is C19H22N4O2. The average molecular weight is 338 g/mol. The highest BCUT2D eigenvalue weighted by Gasteiger charge is 2.22. The zero-order chi connectivity index (χ0) is 17.8. The molecule has 6 nitrogen and oxygen atoms in total. The van der Waals surface area contributed by atoms with E-state index in [1.54, 1.807) is 6.07 Å². The summed E-state index contributed by atoms with van der Waals surface area (Å²) in [6.07, 6.45) is 0.744.